The number of hydrogen-bond donors (Lipinski definition) is 0. The van der Waals surface area contributed by atoms with E-state index in [0.29, 0.717) is 64.2 Å². The molecule has 2 aliphatic heterocycles. The molecular weight excluding hydrogens is 372 g/mol. The molecule has 0 atom stereocenters. The molecule has 0 amide bonds. The summed E-state index contributed by atoms with van der Waals surface area (Å²) in [5, 5.41) is 22.5. The highest BCUT2D eigenvalue weighted by atomic mass is 16.6. The first-order valence-corrected chi connectivity index (χ1v) is 8.84. The van der Waals surface area contributed by atoms with Crippen molar-refractivity contribution in [3.8, 4) is 0 Å². The van der Waals surface area contributed by atoms with E-state index in [4.69, 9.17) is 9.47 Å². The van der Waals surface area contributed by atoms with Crippen molar-refractivity contribution >= 4 is 34.0 Å². The Bertz CT molecular complexity index is 851. The van der Waals surface area contributed by atoms with Gasteiger partial charge in [0.15, 0.2) is 11.6 Å². The van der Waals surface area contributed by atoms with Gasteiger partial charge in [0, 0.05) is 26.2 Å². The number of nitro groups is 2. The molecule has 2 aromatic rings. The van der Waals surface area contributed by atoms with Crippen LogP contribution >= 0.6 is 0 Å². The Morgan fingerprint density at radius 2 is 1.11 bits per heavy atom. The summed E-state index contributed by atoms with van der Waals surface area (Å²) in [5.41, 5.74) is -0.704. The Hall–Kier alpha value is -3.12. The van der Waals surface area contributed by atoms with Gasteiger partial charge in [-0.25, -0.2) is 9.97 Å². The van der Waals surface area contributed by atoms with E-state index in [2.05, 4.69) is 9.97 Å². The van der Waals surface area contributed by atoms with E-state index < -0.39 is 21.2 Å². The van der Waals surface area contributed by atoms with E-state index in [1.165, 1.54) is 0 Å². The van der Waals surface area contributed by atoms with Crippen LogP contribution in [0.3, 0.4) is 0 Å². The minimum Gasteiger partial charge on any atom is -0.378 e. The zero-order valence-electron chi connectivity index (χ0n) is 14.9. The number of rotatable bonds is 4. The molecule has 1 aromatic heterocycles. The predicted molar refractivity (Wildman–Crippen MR) is 98.9 cm³/mol. The van der Waals surface area contributed by atoms with Crippen LogP contribution in [0, 0.1) is 20.2 Å². The standard InChI is InChI=1S/C16H18N6O6/c23-21(24)13-9-11-12(10-14(13)22(25)26)18-16(20-3-7-28-8-4-20)15(17-11)19-1-5-27-6-2-19/h9-10H,1-8H2. The molecule has 2 fully saturated rings. The number of morpholine rings is 2. The maximum absolute atomic E-state index is 11.3. The first-order chi connectivity index (χ1) is 13.5. The zero-order valence-corrected chi connectivity index (χ0v) is 14.9. The lowest BCUT2D eigenvalue weighted by Crippen LogP contribution is -2.41. The molecule has 4 rings (SSSR count). The molecule has 28 heavy (non-hydrogen) atoms. The van der Waals surface area contributed by atoms with Gasteiger partial charge in [0.05, 0.1) is 59.4 Å². The quantitative estimate of drug-likeness (QED) is 0.551. The van der Waals surface area contributed by atoms with Crippen LogP contribution in [0.5, 0.6) is 0 Å². The lowest BCUT2D eigenvalue weighted by molar-refractivity contribution is -0.422. The molecule has 0 saturated carbocycles. The second-order valence-electron chi connectivity index (χ2n) is 6.41. The summed E-state index contributed by atoms with van der Waals surface area (Å²) in [6, 6.07) is 2.24. The van der Waals surface area contributed by atoms with E-state index in [-0.39, 0.29) is 11.0 Å². The molecule has 0 N–H and O–H groups in total. The van der Waals surface area contributed by atoms with Gasteiger partial charge in [-0.1, -0.05) is 0 Å². The summed E-state index contributed by atoms with van der Waals surface area (Å²) < 4.78 is 10.8. The number of anilines is 2. The highest BCUT2D eigenvalue weighted by Gasteiger charge is 2.29. The summed E-state index contributed by atoms with van der Waals surface area (Å²) in [7, 11) is 0. The maximum atomic E-state index is 11.3. The number of fused-ring (bicyclic) bond motifs is 1. The second-order valence-corrected chi connectivity index (χ2v) is 6.41. The van der Waals surface area contributed by atoms with Crippen LogP contribution in [0.4, 0.5) is 23.0 Å². The highest BCUT2D eigenvalue weighted by Crippen LogP contribution is 2.35. The van der Waals surface area contributed by atoms with Gasteiger partial charge in [0.2, 0.25) is 0 Å². The fraction of sp³-hybridized carbons (Fsp3) is 0.500. The van der Waals surface area contributed by atoms with Crippen molar-refractivity contribution in [2.24, 2.45) is 0 Å². The number of aromatic nitrogens is 2. The molecule has 12 nitrogen and oxygen atoms in total. The van der Waals surface area contributed by atoms with E-state index >= 15 is 0 Å². The van der Waals surface area contributed by atoms with Crippen molar-refractivity contribution in [1.29, 1.82) is 0 Å². The minimum absolute atomic E-state index is 0.246. The van der Waals surface area contributed by atoms with E-state index in [0.717, 1.165) is 12.1 Å². The van der Waals surface area contributed by atoms with Gasteiger partial charge in [-0.2, -0.15) is 0 Å². The second kappa shape index (κ2) is 7.48. The lowest BCUT2D eigenvalue weighted by Gasteiger charge is -2.34. The van der Waals surface area contributed by atoms with Gasteiger partial charge in [-0.15, -0.1) is 0 Å². The van der Waals surface area contributed by atoms with Gasteiger partial charge in [0.25, 0.3) is 0 Å². The molecule has 0 radical (unpaired) electrons. The molecule has 2 saturated heterocycles. The molecule has 1 aromatic carbocycles. The van der Waals surface area contributed by atoms with E-state index in [9.17, 15) is 20.2 Å². The lowest BCUT2D eigenvalue weighted by atomic mass is 10.2. The molecule has 0 bridgehead atoms. The molecule has 2 aliphatic rings. The van der Waals surface area contributed by atoms with Crippen molar-refractivity contribution in [3.63, 3.8) is 0 Å². The van der Waals surface area contributed by atoms with Gasteiger partial charge >= 0.3 is 11.4 Å². The molecule has 0 unspecified atom stereocenters. The topological polar surface area (TPSA) is 137 Å². The molecule has 0 spiro atoms. The summed E-state index contributed by atoms with van der Waals surface area (Å²) >= 11 is 0. The number of nitro benzene ring substituents is 2. The number of ether oxygens (including phenoxy) is 2. The molecular formula is C16H18N6O6. The van der Waals surface area contributed by atoms with E-state index in [1.807, 2.05) is 9.80 Å². The SMILES string of the molecule is O=[N+]([O-])c1cc2nc(N3CCOCC3)c(N3CCOCC3)nc2cc1[N+](=O)[O-]. The van der Waals surface area contributed by atoms with Crippen LogP contribution in [0.1, 0.15) is 0 Å². The molecule has 0 aliphatic carbocycles. The fourth-order valence-corrected chi connectivity index (χ4v) is 3.33. The Morgan fingerprint density at radius 3 is 1.43 bits per heavy atom. The Morgan fingerprint density at radius 1 is 0.750 bits per heavy atom. The highest BCUT2D eigenvalue weighted by molar-refractivity contribution is 5.86. The largest absolute Gasteiger partial charge is 0.378 e. The van der Waals surface area contributed by atoms with Crippen molar-refractivity contribution in [2.45, 2.75) is 0 Å². The Balaban J connectivity index is 1.89. The first-order valence-electron chi connectivity index (χ1n) is 8.84. The van der Waals surface area contributed by atoms with Crippen LogP contribution in [-0.2, 0) is 9.47 Å². The summed E-state index contributed by atoms with van der Waals surface area (Å²) in [6.07, 6.45) is 0. The van der Waals surface area contributed by atoms with Gasteiger partial charge in [-0.05, 0) is 0 Å². The average Bonchev–Trinajstić information content (AvgIpc) is 2.73. The van der Waals surface area contributed by atoms with Crippen LogP contribution in [-0.4, -0.2) is 72.4 Å². The van der Waals surface area contributed by atoms with Gasteiger partial charge in [-0.3, -0.25) is 20.2 Å². The van der Waals surface area contributed by atoms with Crippen LogP contribution < -0.4 is 9.80 Å². The smallest absolute Gasteiger partial charge is 0.348 e. The van der Waals surface area contributed by atoms with Crippen LogP contribution in [0.15, 0.2) is 12.1 Å². The predicted octanol–water partition coefficient (Wildman–Crippen LogP) is 1.12. The molecule has 3 heterocycles. The molecule has 148 valence electrons. The number of hydrogen-bond acceptors (Lipinski definition) is 10. The molecule has 12 heteroatoms. The summed E-state index contributed by atoms with van der Waals surface area (Å²) in [5.74, 6) is 1.20. The fourth-order valence-electron chi connectivity index (χ4n) is 3.33. The Labute approximate surface area is 159 Å². The van der Waals surface area contributed by atoms with E-state index in [1.54, 1.807) is 0 Å². The number of benzene rings is 1. The third-order valence-corrected chi connectivity index (χ3v) is 4.74. The monoisotopic (exact) mass is 390 g/mol. The third kappa shape index (κ3) is 3.39. The minimum atomic E-state index is -0.774. The van der Waals surface area contributed by atoms with Crippen molar-refractivity contribution in [3.05, 3.63) is 32.4 Å². The van der Waals surface area contributed by atoms with Crippen LogP contribution in [0.25, 0.3) is 11.0 Å². The van der Waals surface area contributed by atoms with Crippen molar-refractivity contribution < 1.29 is 19.3 Å². The summed E-state index contributed by atoms with van der Waals surface area (Å²) in [4.78, 5) is 34.3. The van der Waals surface area contributed by atoms with Crippen LogP contribution in [0.2, 0.25) is 0 Å². The Kier molecular flexibility index (Phi) is 4.88. The number of nitrogens with zero attached hydrogens (tertiary/aromatic N) is 6. The first kappa shape index (κ1) is 18.3. The third-order valence-electron chi connectivity index (χ3n) is 4.74. The van der Waals surface area contributed by atoms with Gasteiger partial charge < -0.3 is 19.3 Å². The zero-order chi connectivity index (χ0) is 19.7. The van der Waals surface area contributed by atoms with Crippen molar-refractivity contribution in [2.75, 3.05) is 62.4 Å². The average molecular weight is 390 g/mol. The normalized spacial score (nSPS) is 17.7. The summed E-state index contributed by atoms with van der Waals surface area (Å²) in [6.45, 7) is 4.65. The van der Waals surface area contributed by atoms with Crippen molar-refractivity contribution in [1.82, 2.24) is 9.97 Å². The van der Waals surface area contributed by atoms with Gasteiger partial charge in [0.1, 0.15) is 0 Å². The maximum Gasteiger partial charge on any atom is 0.348 e.